The molecule has 0 radical (unpaired) electrons. The molecule has 0 aromatic heterocycles. The Bertz CT molecular complexity index is 410. The minimum Gasteiger partial charge on any atom is -0.507 e. The molecule has 2 N–H and O–H groups in total. The Labute approximate surface area is 124 Å². The Kier molecular flexibility index (Phi) is 6.71. The van der Waals surface area contributed by atoms with Gasteiger partial charge in [-0.15, -0.1) is 0 Å². The largest absolute Gasteiger partial charge is 0.507 e. The number of aromatic hydroxyl groups is 1. The van der Waals surface area contributed by atoms with Gasteiger partial charge < -0.3 is 10.4 Å². The van der Waals surface area contributed by atoms with E-state index in [1.54, 1.807) is 12.1 Å². The van der Waals surface area contributed by atoms with Crippen LogP contribution >= 0.6 is 31.9 Å². The molecule has 0 saturated carbocycles. The highest BCUT2D eigenvalue weighted by atomic mass is 79.9. The fourth-order valence-electron chi connectivity index (χ4n) is 1.51. The van der Waals surface area contributed by atoms with Crippen LogP contribution in [0.15, 0.2) is 22.7 Å². The Balaban J connectivity index is 2.43. The molecule has 1 aromatic carbocycles. The smallest absolute Gasteiger partial charge is 0.255 e. The topological polar surface area (TPSA) is 49.3 Å². The summed E-state index contributed by atoms with van der Waals surface area (Å²) in [7, 11) is 0. The number of rotatable bonds is 6. The molecule has 1 atom stereocenters. The first-order valence-corrected chi connectivity index (χ1v) is 7.78. The molecule has 0 saturated heterocycles. The number of carbonyl (C=O) groups is 1. The zero-order valence-corrected chi connectivity index (χ0v) is 13.4. The highest BCUT2D eigenvalue weighted by Crippen LogP contribution is 2.21. The van der Waals surface area contributed by atoms with Crippen molar-refractivity contribution in [1.82, 2.24) is 5.32 Å². The van der Waals surface area contributed by atoms with Gasteiger partial charge in [0.25, 0.3) is 5.91 Å². The molecule has 0 aliphatic rings. The van der Waals surface area contributed by atoms with Crippen molar-refractivity contribution in [1.29, 1.82) is 0 Å². The first kappa shape index (κ1) is 15.5. The number of benzene rings is 1. The lowest BCUT2D eigenvalue weighted by atomic mass is 10.1. The fourth-order valence-corrected chi connectivity index (χ4v) is 2.20. The Morgan fingerprint density at radius 1 is 1.50 bits per heavy atom. The number of carbonyl (C=O) groups excluding carboxylic acids is 1. The van der Waals surface area contributed by atoms with Gasteiger partial charge in [-0.1, -0.05) is 38.8 Å². The average molecular weight is 379 g/mol. The number of phenolic OH excluding ortho intramolecular Hbond substituents is 1. The van der Waals surface area contributed by atoms with Crippen molar-refractivity contribution in [2.24, 2.45) is 5.92 Å². The van der Waals surface area contributed by atoms with Crippen LogP contribution in [0.5, 0.6) is 5.75 Å². The zero-order valence-electron chi connectivity index (χ0n) is 10.2. The van der Waals surface area contributed by atoms with Gasteiger partial charge in [0.05, 0.1) is 5.56 Å². The second-order valence-electron chi connectivity index (χ2n) is 4.32. The average Bonchev–Trinajstić information content (AvgIpc) is 2.36. The lowest BCUT2D eigenvalue weighted by Crippen LogP contribution is -2.24. The van der Waals surface area contributed by atoms with Gasteiger partial charge in [0.1, 0.15) is 5.75 Å². The first-order chi connectivity index (χ1) is 8.54. The zero-order chi connectivity index (χ0) is 13.5. The summed E-state index contributed by atoms with van der Waals surface area (Å²) >= 11 is 6.70. The van der Waals surface area contributed by atoms with Crippen molar-refractivity contribution >= 4 is 37.8 Å². The summed E-state index contributed by atoms with van der Waals surface area (Å²) in [5.41, 5.74) is 0.304. The number of hydrogen-bond donors (Lipinski definition) is 2. The Morgan fingerprint density at radius 3 is 2.89 bits per heavy atom. The van der Waals surface area contributed by atoms with E-state index in [0.717, 1.165) is 22.6 Å². The van der Waals surface area contributed by atoms with Gasteiger partial charge in [-0.05, 0) is 37.0 Å². The predicted molar refractivity (Wildman–Crippen MR) is 80.3 cm³/mol. The van der Waals surface area contributed by atoms with E-state index >= 15 is 0 Å². The molecule has 1 amide bonds. The van der Waals surface area contributed by atoms with E-state index in [1.165, 1.54) is 6.07 Å². The minimum atomic E-state index is -0.236. The van der Waals surface area contributed by atoms with Crippen molar-refractivity contribution in [2.75, 3.05) is 11.9 Å². The van der Waals surface area contributed by atoms with Gasteiger partial charge >= 0.3 is 0 Å². The van der Waals surface area contributed by atoms with E-state index < -0.39 is 0 Å². The number of amides is 1. The highest BCUT2D eigenvalue weighted by molar-refractivity contribution is 9.10. The Morgan fingerprint density at radius 2 is 2.22 bits per heavy atom. The SMILES string of the molecule is CC(CBr)CCCNC(=O)c1cc(Br)ccc1O. The lowest BCUT2D eigenvalue weighted by Gasteiger charge is -2.09. The summed E-state index contributed by atoms with van der Waals surface area (Å²) in [4.78, 5) is 11.8. The standard InChI is InChI=1S/C13H17Br2NO2/c1-9(8-14)3-2-6-16-13(18)11-7-10(15)4-5-12(11)17/h4-5,7,9,17H,2-3,6,8H2,1H3,(H,16,18). The number of phenols is 1. The molecule has 0 bridgehead atoms. The fraction of sp³-hybridized carbons (Fsp3) is 0.462. The van der Waals surface area contributed by atoms with Crippen molar-refractivity contribution in [3.63, 3.8) is 0 Å². The summed E-state index contributed by atoms with van der Waals surface area (Å²) in [5.74, 6) is 0.381. The molecular weight excluding hydrogens is 362 g/mol. The summed E-state index contributed by atoms with van der Waals surface area (Å²) in [5, 5.41) is 13.4. The van der Waals surface area contributed by atoms with Gasteiger partial charge in [-0.25, -0.2) is 0 Å². The normalized spacial score (nSPS) is 12.2. The molecule has 1 rings (SSSR count). The van der Waals surface area contributed by atoms with Crippen LogP contribution < -0.4 is 5.32 Å². The first-order valence-electron chi connectivity index (χ1n) is 5.87. The summed E-state index contributed by atoms with van der Waals surface area (Å²) in [6.45, 7) is 2.79. The van der Waals surface area contributed by atoms with E-state index in [4.69, 9.17) is 0 Å². The van der Waals surface area contributed by atoms with E-state index in [-0.39, 0.29) is 11.7 Å². The number of nitrogens with one attached hydrogen (secondary N) is 1. The molecule has 1 aromatic rings. The van der Waals surface area contributed by atoms with E-state index in [2.05, 4.69) is 44.1 Å². The molecule has 1 unspecified atom stereocenters. The third-order valence-electron chi connectivity index (χ3n) is 2.63. The summed E-state index contributed by atoms with van der Waals surface area (Å²) in [6, 6.07) is 4.82. The van der Waals surface area contributed by atoms with Gasteiger partial charge in [0.15, 0.2) is 0 Å². The second-order valence-corrected chi connectivity index (χ2v) is 5.88. The van der Waals surface area contributed by atoms with E-state index in [0.29, 0.717) is 18.0 Å². The molecule has 0 fully saturated rings. The number of alkyl halides is 1. The van der Waals surface area contributed by atoms with Crippen LogP contribution in [-0.4, -0.2) is 22.9 Å². The van der Waals surface area contributed by atoms with Crippen LogP contribution in [0.1, 0.15) is 30.1 Å². The molecule has 0 aliphatic carbocycles. The Hall–Kier alpha value is -0.550. The maximum absolute atomic E-state index is 11.8. The van der Waals surface area contributed by atoms with Gasteiger partial charge in [-0.3, -0.25) is 4.79 Å². The van der Waals surface area contributed by atoms with Crippen molar-refractivity contribution in [3.05, 3.63) is 28.2 Å². The van der Waals surface area contributed by atoms with Crippen LogP contribution in [0.3, 0.4) is 0 Å². The summed E-state index contributed by atoms with van der Waals surface area (Å²) in [6.07, 6.45) is 2.00. The summed E-state index contributed by atoms with van der Waals surface area (Å²) < 4.78 is 0.776. The minimum absolute atomic E-state index is 0.00419. The van der Waals surface area contributed by atoms with Crippen LogP contribution in [0.4, 0.5) is 0 Å². The van der Waals surface area contributed by atoms with Crippen LogP contribution in [0, 0.1) is 5.92 Å². The molecule has 100 valence electrons. The van der Waals surface area contributed by atoms with E-state index in [1.807, 2.05) is 0 Å². The van der Waals surface area contributed by atoms with E-state index in [9.17, 15) is 9.90 Å². The molecular formula is C13H17Br2NO2. The quantitative estimate of drug-likeness (QED) is 0.585. The number of halogens is 2. The van der Waals surface area contributed by atoms with Crippen molar-refractivity contribution in [3.8, 4) is 5.75 Å². The molecule has 18 heavy (non-hydrogen) atoms. The van der Waals surface area contributed by atoms with Gasteiger partial charge in [0.2, 0.25) is 0 Å². The third-order valence-corrected chi connectivity index (χ3v) is 4.22. The predicted octanol–water partition coefficient (Wildman–Crippen LogP) is 3.70. The molecule has 0 aliphatic heterocycles. The van der Waals surface area contributed by atoms with Crippen LogP contribution in [0.2, 0.25) is 0 Å². The third kappa shape index (κ3) is 4.98. The molecule has 5 heteroatoms. The van der Waals surface area contributed by atoms with Gasteiger partial charge in [0, 0.05) is 16.3 Å². The van der Waals surface area contributed by atoms with Crippen molar-refractivity contribution < 1.29 is 9.90 Å². The maximum atomic E-state index is 11.8. The molecule has 3 nitrogen and oxygen atoms in total. The van der Waals surface area contributed by atoms with Crippen LogP contribution in [0.25, 0.3) is 0 Å². The monoisotopic (exact) mass is 377 g/mol. The highest BCUT2D eigenvalue weighted by Gasteiger charge is 2.11. The molecule has 0 heterocycles. The lowest BCUT2D eigenvalue weighted by molar-refractivity contribution is 0.0950. The second kappa shape index (κ2) is 7.79. The van der Waals surface area contributed by atoms with Gasteiger partial charge in [-0.2, -0.15) is 0 Å². The maximum Gasteiger partial charge on any atom is 0.255 e. The van der Waals surface area contributed by atoms with Crippen LogP contribution in [-0.2, 0) is 0 Å². The number of hydrogen-bond acceptors (Lipinski definition) is 2. The molecule has 0 spiro atoms. The van der Waals surface area contributed by atoms with Crippen molar-refractivity contribution in [2.45, 2.75) is 19.8 Å².